The van der Waals surface area contributed by atoms with E-state index in [0.717, 1.165) is 6.54 Å². The molecule has 0 fully saturated rings. The van der Waals surface area contributed by atoms with E-state index in [0.29, 0.717) is 17.9 Å². The van der Waals surface area contributed by atoms with Crippen LogP contribution in [0, 0.1) is 11.8 Å². The van der Waals surface area contributed by atoms with Gasteiger partial charge in [0.05, 0.1) is 0 Å². The van der Waals surface area contributed by atoms with Crippen LogP contribution in [0.1, 0.15) is 20.8 Å². The molecule has 0 aromatic rings. The summed E-state index contributed by atoms with van der Waals surface area (Å²) in [6, 6.07) is 0.309. The lowest BCUT2D eigenvalue weighted by Gasteiger charge is -2.22. The van der Waals surface area contributed by atoms with Gasteiger partial charge in [-0.05, 0) is 32.4 Å². The Hall–Kier alpha value is -0.0800. The topological polar surface area (TPSA) is 38.0 Å². The number of nitrogens with two attached hydrogens (primary N) is 1. The maximum absolute atomic E-state index is 5.74. The Kier molecular flexibility index (Phi) is 4.65. The first kappa shape index (κ1) is 9.92. The zero-order valence-corrected chi connectivity index (χ0v) is 7.52. The number of nitrogens with one attached hydrogen (secondary N) is 1. The summed E-state index contributed by atoms with van der Waals surface area (Å²) in [5, 5.41) is 3.15. The van der Waals surface area contributed by atoms with E-state index in [-0.39, 0.29) is 0 Å². The fraction of sp³-hybridized carbons (Fsp3) is 1.00. The van der Waals surface area contributed by atoms with Gasteiger partial charge in [0.2, 0.25) is 0 Å². The second-order valence-electron chi connectivity index (χ2n) is 3.25. The van der Waals surface area contributed by atoms with Crippen LogP contribution >= 0.6 is 0 Å². The first-order valence-electron chi connectivity index (χ1n) is 3.99. The van der Waals surface area contributed by atoms with E-state index in [1.165, 1.54) is 0 Å². The molecule has 2 nitrogen and oxygen atoms in total. The molecule has 0 radical (unpaired) electrons. The molecule has 2 heteroatoms. The molecule has 0 aromatic carbocycles. The predicted molar refractivity (Wildman–Crippen MR) is 45.9 cm³/mol. The van der Waals surface area contributed by atoms with Crippen LogP contribution in [0.4, 0.5) is 0 Å². The van der Waals surface area contributed by atoms with Crippen molar-refractivity contribution in [3.63, 3.8) is 0 Å². The SMILES string of the molecule is CNC[C@@H](C)C(C)C(C)N. The van der Waals surface area contributed by atoms with Gasteiger partial charge in [0.1, 0.15) is 0 Å². The molecular formula is C8H20N2. The van der Waals surface area contributed by atoms with Crippen molar-refractivity contribution in [2.75, 3.05) is 13.6 Å². The number of hydrogen-bond acceptors (Lipinski definition) is 2. The zero-order chi connectivity index (χ0) is 8.15. The molecule has 0 bridgehead atoms. The lowest BCUT2D eigenvalue weighted by Crippen LogP contribution is -2.33. The average molecular weight is 144 g/mol. The van der Waals surface area contributed by atoms with Gasteiger partial charge in [-0.3, -0.25) is 0 Å². The van der Waals surface area contributed by atoms with Crippen LogP contribution in [0.25, 0.3) is 0 Å². The van der Waals surface area contributed by atoms with Crippen LogP contribution in [0.5, 0.6) is 0 Å². The molecule has 0 aliphatic carbocycles. The van der Waals surface area contributed by atoms with E-state index < -0.39 is 0 Å². The minimum absolute atomic E-state index is 0.309. The standard InChI is InChI=1S/C8H20N2/c1-6(5-10-4)7(2)8(3)9/h6-8,10H,5,9H2,1-4H3/t6-,7?,8?/m1/s1. The van der Waals surface area contributed by atoms with E-state index >= 15 is 0 Å². The van der Waals surface area contributed by atoms with E-state index in [4.69, 9.17) is 5.73 Å². The summed E-state index contributed by atoms with van der Waals surface area (Å²) >= 11 is 0. The fourth-order valence-corrected chi connectivity index (χ4v) is 1.03. The van der Waals surface area contributed by atoms with Gasteiger partial charge in [0.15, 0.2) is 0 Å². The largest absolute Gasteiger partial charge is 0.328 e. The summed E-state index contributed by atoms with van der Waals surface area (Å²) in [7, 11) is 1.98. The third-order valence-corrected chi connectivity index (χ3v) is 2.25. The summed E-state index contributed by atoms with van der Waals surface area (Å²) in [4.78, 5) is 0. The van der Waals surface area contributed by atoms with Crippen LogP contribution in [0.2, 0.25) is 0 Å². The molecule has 2 unspecified atom stereocenters. The van der Waals surface area contributed by atoms with Crippen molar-refractivity contribution in [2.24, 2.45) is 17.6 Å². The summed E-state index contributed by atoms with van der Waals surface area (Å²) in [6.45, 7) is 7.55. The van der Waals surface area contributed by atoms with Crippen molar-refractivity contribution in [3.8, 4) is 0 Å². The Labute approximate surface area is 64.2 Å². The van der Waals surface area contributed by atoms with Gasteiger partial charge < -0.3 is 11.1 Å². The lowest BCUT2D eigenvalue weighted by atomic mass is 9.90. The van der Waals surface area contributed by atoms with Crippen molar-refractivity contribution >= 4 is 0 Å². The molecule has 3 atom stereocenters. The van der Waals surface area contributed by atoms with Crippen LogP contribution in [0.15, 0.2) is 0 Å². The highest BCUT2D eigenvalue weighted by Gasteiger charge is 2.14. The van der Waals surface area contributed by atoms with E-state index in [1.54, 1.807) is 0 Å². The quantitative estimate of drug-likeness (QED) is 0.613. The molecular weight excluding hydrogens is 124 g/mol. The summed E-state index contributed by atoms with van der Waals surface area (Å²) < 4.78 is 0. The van der Waals surface area contributed by atoms with Crippen LogP contribution < -0.4 is 11.1 Å². The predicted octanol–water partition coefficient (Wildman–Crippen LogP) is 0.825. The highest BCUT2D eigenvalue weighted by atomic mass is 14.8. The normalized spacial score (nSPS) is 20.1. The smallest absolute Gasteiger partial charge is 0.00391 e. The highest BCUT2D eigenvalue weighted by Crippen LogP contribution is 2.12. The van der Waals surface area contributed by atoms with Crippen LogP contribution in [-0.2, 0) is 0 Å². The van der Waals surface area contributed by atoms with Gasteiger partial charge in [-0.2, -0.15) is 0 Å². The third kappa shape index (κ3) is 3.18. The van der Waals surface area contributed by atoms with Crippen molar-refractivity contribution in [1.29, 1.82) is 0 Å². The van der Waals surface area contributed by atoms with Crippen LogP contribution in [-0.4, -0.2) is 19.6 Å². The van der Waals surface area contributed by atoms with E-state index in [2.05, 4.69) is 26.1 Å². The Morgan fingerprint density at radius 1 is 1.30 bits per heavy atom. The highest BCUT2D eigenvalue weighted by molar-refractivity contribution is 4.70. The average Bonchev–Trinajstić information content (AvgIpc) is 1.87. The Bertz CT molecular complexity index is 81.3. The number of hydrogen-bond donors (Lipinski definition) is 2. The van der Waals surface area contributed by atoms with Gasteiger partial charge in [0, 0.05) is 6.04 Å². The maximum atomic E-state index is 5.74. The third-order valence-electron chi connectivity index (χ3n) is 2.25. The molecule has 0 amide bonds. The summed E-state index contributed by atoms with van der Waals surface area (Å²) in [6.07, 6.45) is 0. The summed E-state index contributed by atoms with van der Waals surface area (Å²) in [5.41, 5.74) is 5.74. The molecule has 0 saturated heterocycles. The molecule has 0 spiro atoms. The molecule has 10 heavy (non-hydrogen) atoms. The number of rotatable bonds is 4. The first-order valence-corrected chi connectivity index (χ1v) is 3.99. The Balaban J connectivity index is 3.58. The Morgan fingerprint density at radius 3 is 2.10 bits per heavy atom. The molecule has 3 N–H and O–H groups in total. The molecule has 0 heterocycles. The molecule has 62 valence electrons. The second-order valence-corrected chi connectivity index (χ2v) is 3.25. The van der Waals surface area contributed by atoms with Gasteiger partial charge in [0.25, 0.3) is 0 Å². The van der Waals surface area contributed by atoms with Crippen LogP contribution in [0.3, 0.4) is 0 Å². The van der Waals surface area contributed by atoms with Crippen molar-refractivity contribution in [3.05, 3.63) is 0 Å². The van der Waals surface area contributed by atoms with Gasteiger partial charge in [-0.1, -0.05) is 13.8 Å². The fourth-order valence-electron chi connectivity index (χ4n) is 1.03. The van der Waals surface area contributed by atoms with Gasteiger partial charge >= 0.3 is 0 Å². The van der Waals surface area contributed by atoms with Crippen molar-refractivity contribution in [2.45, 2.75) is 26.8 Å². The monoisotopic (exact) mass is 144 g/mol. The summed E-state index contributed by atoms with van der Waals surface area (Å²) in [5.74, 6) is 1.28. The lowest BCUT2D eigenvalue weighted by molar-refractivity contribution is 0.331. The molecule has 0 aliphatic heterocycles. The van der Waals surface area contributed by atoms with Crippen molar-refractivity contribution < 1.29 is 0 Å². The van der Waals surface area contributed by atoms with Gasteiger partial charge in [-0.15, -0.1) is 0 Å². The maximum Gasteiger partial charge on any atom is 0.00391 e. The zero-order valence-electron chi connectivity index (χ0n) is 7.52. The van der Waals surface area contributed by atoms with E-state index in [1.807, 2.05) is 7.05 Å². The van der Waals surface area contributed by atoms with Crippen molar-refractivity contribution in [1.82, 2.24) is 5.32 Å². The minimum atomic E-state index is 0.309. The molecule has 0 aromatic heterocycles. The Morgan fingerprint density at radius 2 is 1.80 bits per heavy atom. The first-order chi connectivity index (χ1) is 4.59. The van der Waals surface area contributed by atoms with E-state index in [9.17, 15) is 0 Å². The van der Waals surface area contributed by atoms with Gasteiger partial charge in [-0.25, -0.2) is 0 Å². The molecule has 0 aliphatic rings. The molecule has 0 saturated carbocycles. The molecule has 0 rings (SSSR count). The minimum Gasteiger partial charge on any atom is -0.328 e. The second kappa shape index (κ2) is 4.69.